The first-order valence-electron chi connectivity index (χ1n) is 6.22. The third-order valence-corrected chi connectivity index (χ3v) is 2.75. The van der Waals surface area contributed by atoms with Crippen LogP contribution < -0.4 is 5.73 Å². The number of nitrogen functional groups attached to an aromatic ring is 1. The molecule has 0 radical (unpaired) electrons. The molecule has 0 atom stereocenters. The second-order valence-electron chi connectivity index (χ2n) is 4.45. The van der Waals surface area contributed by atoms with Crippen LogP contribution in [0.4, 0.5) is 5.69 Å². The first kappa shape index (κ1) is 14.5. The second kappa shape index (κ2) is 7.71. The predicted octanol–water partition coefficient (Wildman–Crippen LogP) is 1.70. The Morgan fingerprint density at radius 3 is 2.67 bits per heavy atom. The quantitative estimate of drug-likeness (QED) is 0.592. The van der Waals surface area contributed by atoms with Crippen LogP contribution in [0.15, 0.2) is 24.3 Å². The van der Waals surface area contributed by atoms with Crippen molar-refractivity contribution in [1.29, 1.82) is 0 Å². The summed E-state index contributed by atoms with van der Waals surface area (Å²) in [5, 5.41) is 0. The number of nitrogens with two attached hydrogens (primary N) is 1. The molecule has 4 heteroatoms. The van der Waals surface area contributed by atoms with Gasteiger partial charge < -0.3 is 15.4 Å². The van der Waals surface area contributed by atoms with Crippen molar-refractivity contribution in [2.45, 2.75) is 19.3 Å². The van der Waals surface area contributed by atoms with Gasteiger partial charge in [0, 0.05) is 32.8 Å². The standard InChI is InChI=1S/C14H22N2O2/c1-16(2)14(17)8-5-10-18-11-9-12-6-3-4-7-13(12)15/h3-4,6-7H,5,8-11,15H2,1-2H3. The summed E-state index contributed by atoms with van der Waals surface area (Å²) < 4.78 is 5.50. The van der Waals surface area contributed by atoms with Crippen molar-refractivity contribution in [2.75, 3.05) is 33.0 Å². The fraction of sp³-hybridized carbons (Fsp3) is 0.500. The molecule has 0 bridgehead atoms. The van der Waals surface area contributed by atoms with Crippen molar-refractivity contribution in [3.63, 3.8) is 0 Å². The summed E-state index contributed by atoms with van der Waals surface area (Å²) in [5.41, 5.74) is 7.75. The van der Waals surface area contributed by atoms with E-state index < -0.39 is 0 Å². The number of ether oxygens (including phenoxy) is 1. The van der Waals surface area contributed by atoms with E-state index in [2.05, 4.69) is 0 Å². The van der Waals surface area contributed by atoms with E-state index in [9.17, 15) is 4.79 Å². The summed E-state index contributed by atoms with van der Waals surface area (Å²) >= 11 is 0. The van der Waals surface area contributed by atoms with E-state index in [0.717, 1.165) is 24.1 Å². The zero-order valence-electron chi connectivity index (χ0n) is 11.2. The van der Waals surface area contributed by atoms with Crippen LogP contribution in [0.2, 0.25) is 0 Å². The van der Waals surface area contributed by atoms with Gasteiger partial charge in [-0.1, -0.05) is 18.2 Å². The van der Waals surface area contributed by atoms with Crippen LogP contribution in [-0.2, 0) is 16.0 Å². The molecule has 1 amide bonds. The molecule has 0 spiro atoms. The number of rotatable bonds is 7. The van der Waals surface area contributed by atoms with Crippen LogP contribution in [0, 0.1) is 0 Å². The Morgan fingerprint density at radius 1 is 1.28 bits per heavy atom. The number of benzene rings is 1. The zero-order chi connectivity index (χ0) is 13.4. The molecule has 0 saturated carbocycles. The van der Waals surface area contributed by atoms with Gasteiger partial charge in [0.15, 0.2) is 0 Å². The minimum atomic E-state index is 0.144. The number of amides is 1. The minimum absolute atomic E-state index is 0.144. The van der Waals surface area contributed by atoms with Gasteiger partial charge in [-0.05, 0) is 24.5 Å². The Balaban J connectivity index is 2.09. The Morgan fingerprint density at radius 2 is 2.00 bits per heavy atom. The van der Waals surface area contributed by atoms with Crippen molar-refractivity contribution in [2.24, 2.45) is 0 Å². The molecule has 1 aromatic rings. The number of carbonyl (C=O) groups excluding carboxylic acids is 1. The summed E-state index contributed by atoms with van der Waals surface area (Å²) in [6.45, 7) is 1.26. The van der Waals surface area contributed by atoms with Gasteiger partial charge in [0.25, 0.3) is 0 Å². The van der Waals surface area contributed by atoms with Gasteiger partial charge in [-0.3, -0.25) is 4.79 Å². The van der Waals surface area contributed by atoms with Crippen molar-refractivity contribution in [1.82, 2.24) is 4.90 Å². The van der Waals surface area contributed by atoms with Crippen LogP contribution in [-0.4, -0.2) is 38.1 Å². The fourth-order valence-corrected chi connectivity index (χ4v) is 1.60. The maximum absolute atomic E-state index is 11.3. The van der Waals surface area contributed by atoms with Crippen molar-refractivity contribution >= 4 is 11.6 Å². The largest absolute Gasteiger partial charge is 0.399 e. The van der Waals surface area contributed by atoms with Crippen LogP contribution >= 0.6 is 0 Å². The van der Waals surface area contributed by atoms with E-state index in [4.69, 9.17) is 10.5 Å². The molecular weight excluding hydrogens is 228 g/mol. The van der Waals surface area contributed by atoms with Crippen LogP contribution in [0.5, 0.6) is 0 Å². The van der Waals surface area contributed by atoms with Gasteiger partial charge in [-0.2, -0.15) is 0 Å². The molecule has 0 saturated heterocycles. The van der Waals surface area contributed by atoms with Crippen molar-refractivity contribution < 1.29 is 9.53 Å². The predicted molar refractivity (Wildman–Crippen MR) is 73.3 cm³/mol. The molecule has 0 fully saturated rings. The highest BCUT2D eigenvalue weighted by atomic mass is 16.5. The van der Waals surface area contributed by atoms with Gasteiger partial charge >= 0.3 is 0 Å². The van der Waals surface area contributed by atoms with Crippen LogP contribution in [0.25, 0.3) is 0 Å². The molecule has 100 valence electrons. The highest BCUT2D eigenvalue weighted by molar-refractivity contribution is 5.75. The molecular formula is C14H22N2O2. The fourth-order valence-electron chi connectivity index (χ4n) is 1.60. The van der Waals surface area contributed by atoms with Gasteiger partial charge in [0.1, 0.15) is 0 Å². The Labute approximate surface area is 109 Å². The summed E-state index contributed by atoms with van der Waals surface area (Å²) in [4.78, 5) is 12.9. The molecule has 0 aliphatic heterocycles. The first-order chi connectivity index (χ1) is 8.61. The molecule has 0 aliphatic rings. The Kier molecular flexibility index (Phi) is 6.22. The summed E-state index contributed by atoms with van der Waals surface area (Å²) in [6, 6.07) is 7.80. The third-order valence-electron chi connectivity index (χ3n) is 2.75. The average Bonchev–Trinajstić information content (AvgIpc) is 2.35. The smallest absolute Gasteiger partial charge is 0.222 e. The highest BCUT2D eigenvalue weighted by Gasteiger charge is 2.03. The number of carbonyl (C=O) groups is 1. The molecule has 1 rings (SSSR count). The maximum atomic E-state index is 11.3. The lowest BCUT2D eigenvalue weighted by atomic mass is 10.1. The topological polar surface area (TPSA) is 55.6 Å². The lowest BCUT2D eigenvalue weighted by Crippen LogP contribution is -2.21. The van der Waals surface area contributed by atoms with Crippen LogP contribution in [0.1, 0.15) is 18.4 Å². The number of hydrogen-bond donors (Lipinski definition) is 1. The van der Waals surface area contributed by atoms with Gasteiger partial charge in [0.2, 0.25) is 5.91 Å². The lowest BCUT2D eigenvalue weighted by molar-refractivity contribution is -0.129. The molecule has 0 aromatic heterocycles. The number of nitrogens with zero attached hydrogens (tertiary/aromatic N) is 1. The molecule has 0 heterocycles. The van der Waals surface area contributed by atoms with Crippen molar-refractivity contribution in [3.05, 3.63) is 29.8 Å². The molecule has 4 nitrogen and oxygen atoms in total. The third kappa shape index (κ3) is 5.19. The zero-order valence-corrected chi connectivity index (χ0v) is 11.2. The monoisotopic (exact) mass is 250 g/mol. The molecule has 18 heavy (non-hydrogen) atoms. The normalized spacial score (nSPS) is 10.3. The van der Waals surface area contributed by atoms with Gasteiger partial charge in [0.05, 0.1) is 6.61 Å². The molecule has 2 N–H and O–H groups in total. The van der Waals surface area contributed by atoms with E-state index >= 15 is 0 Å². The van der Waals surface area contributed by atoms with E-state index in [1.165, 1.54) is 0 Å². The summed E-state index contributed by atoms with van der Waals surface area (Å²) in [7, 11) is 3.53. The number of para-hydroxylation sites is 1. The molecule has 0 unspecified atom stereocenters. The Hall–Kier alpha value is -1.55. The maximum Gasteiger partial charge on any atom is 0.222 e. The number of hydrogen-bond acceptors (Lipinski definition) is 3. The Bertz CT molecular complexity index is 378. The van der Waals surface area contributed by atoms with E-state index in [-0.39, 0.29) is 5.91 Å². The van der Waals surface area contributed by atoms with E-state index in [0.29, 0.717) is 19.6 Å². The van der Waals surface area contributed by atoms with Gasteiger partial charge in [-0.15, -0.1) is 0 Å². The lowest BCUT2D eigenvalue weighted by Gasteiger charge is -2.10. The van der Waals surface area contributed by atoms with E-state index in [1.54, 1.807) is 19.0 Å². The minimum Gasteiger partial charge on any atom is -0.399 e. The molecule has 0 aliphatic carbocycles. The van der Waals surface area contributed by atoms with Crippen molar-refractivity contribution in [3.8, 4) is 0 Å². The average molecular weight is 250 g/mol. The summed E-state index contributed by atoms with van der Waals surface area (Å²) in [5.74, 6) is 0.144. The van der Waals surface area contributed by atoms with Gasteiger partial charge in [-0.25, -0.2) is 0 Å². The summed E-state index contributed by atoms with van der Waals surface area (Å²) in [6.07, 6.45) is 2.12. The second-order valence-corrected chi connectivity index (χ2v) is 4.45. The SMILES string of the molecule is CN(C)C(=O)CCCOCCc1ccccc1N. The van der Waals surface area contributed by atoms with E-state index in [1.807, 2.05) is 24.3 Å². The first-order valence-corrected chi connectivity index (χ1v) is 6.22. The van der Waals surface area contributed by atoms with Crippen LogP contribution in [0.3, 0.4) is 0 Å². The highest BCUT2D eigenvalue weighted by Crippen LogP contribution is 2.10. The number of anilines is 1. The molecule has 1 aromatic carbocycles.